The van der Waals surface area contributed by atoms with E-state index in [1.165, 1.54) is 29.5 Å². The molecular weight excluding hydrogens is 376 g/mol. The van der Waals surface area contributed by atoms with Gasteiger partial charge in [0.2, 0.25) is 0 Å². The zero-order chi connectivity index (χ0) is 21.1. The minimum atomic E-state index is -0.914. The highest BCUT2D eigenvalue weighted by molar-refractivity contribution is 7.80. The number of aryl methyl sites for hydroxylation is 1. The quantitative estimate of drug-likeness (QED) is 0.445. The summed E-state index contributed by atoms with van der Waals surface area (Å²) in [6, 6.07) is 14.8. The molecule has 4 rings (SSSR count). The van der Waals surface area contributed by atoms with Gasteiger partial charge in [-0.25, -0.2) is 4.79 Å². The van der Waals surface area contributed by atoms with Gasteiger partial charge in [0.25, 0.3) is 0 Å². The van der Waals surface area contributed by atoms with E-state index in [0.717, 1.165) is 21.9 Å². The average Bonchev–Trinajstić information content (AvgIpc) is 2.67. The van der Waals surface area contributed by atoms with E-state index in [4.69, 9.17) is 0 Å². The lowest BCUT2D eigenvalue weighted by atomic mass is 9.63. The summed E-state index contributed by atoms with van der Waals surface area (Å²) in [4.78, 5) is 12.2. The molecule has 0 aliphatic heterocycles. The molecule has 0 heterocycles. The Bertz CT molecular complexity index is 1160. The molecule has 3 aromatic carbocycles. The standard InChI is InChI=1S/C26H28O2S/c1-15-18-8-6-16(12-20(18)23(29)14-19(15)24(27)28)17-7-9-21-22(13-17)26(4,5)11-10-25(21,2)3/h6-9,12-14,29H,10-11H2,1-5H3,(H,27,28). The van der Waals surface area contributed by atoms with Crippen LogP contribution in [0, 0.1) is 6.92 Å². The average molecular weight is 405 g/mol. The smallest absolute Gasteiger partial charge is 0.336 e. The lowest BCUT2D eigenvalue weighted by Crippen LogP contribution is -2.33. The van der Waals surface area contributed by atoms with Crippen LogP contribution in [0.25, 0.3) is 21.9 Å². The Labute approximate surface area is 178 Å². The van der Waals surface area contributed by atoms with Crippen LogP contribution in [0.1, 0.15) is 67.6 Å². The number of benzene rings is 3. The first kappa shape index (κ1) is 20.0. The van der Waals surface area contributed by atoms with Crippen LogP contribution in [0.3, 0.4) is 0 Å². The molecule has 1 aliphatic rings. The summed E-state index contributed by atoms with van der Waals surface area (Å²) in [5, 5.41) is 11.4. The van der Waals surface area contributed by atoms with Crippen LogP contribution in [0.2, 0.25) is 0 Å². The first-order valence-corrected chi connectivity index (χ1v) is 10.6. The Morgan fingerprint density at radius 2 is 1.45 bits per heavy atom. The van der Waals surface area contributed by atoms with E-state index >= 15 is 0 Å². The fourth-order valence-corrected chi connectivity index (χ4v) is 5.04. The molecule has 0 fully saturated rings. The topological polar surface area (TPSA) is 37.3 Å². The molecule has 0 saturated carbocycles. The van der Waals surface area contributed by atoms with Crippen molar-refractivity contribution in [3.63, 3.8) is 0 Å². The molecular formula is C26H28O2S. The van der Waals surface area contributed by atoms with Crippen LogP contribution in [-0.2, 0) is 10.8 Å². The molecule has 0 bridgehead atoms. The number of fused-ring (bicyclic) bond motifs is 2. The van der Waals surface area contributed by atoms with Crippen molar-refractivity contribution in [3.05, 3.63) is 64.7 Å². The third-order valence-corrected chi connectivity index (χ3v) is 7.17. The van der Waals surface area contributed by atoms with Crippen molar-refractivity contribution in [2.75, 3.05) is 0 Å². The molecule has 3 heteroatoms. The second kappa shape index (κ2) is 6.63. The highest BCUT2D eigenvalue weighted by atomic mass is 32.1. The van der Waals surface area contributed by atoms with Gasteiger partial charge in [0.05, 0.1) is 5.56 Å². The number of hydrogen-bond acceptors (Lipinski definition) is 2. The maximum atomic E-state index is 11.5. The minimum Gasteiger partial charge on any atom is -0.478 e. The molecule has 0 spiro atoms. The molecule has 3 aromatic rings. The van der Waals surface area contributed by atoms with Crippen LogP contribution >= 0.6 is 12.6 Å². The van der Waals surface area contributed by atoms with E-state index in [2.05, 4.69) is 70.7 Å². The van der Waals surface area contributed by atoms with E-state index in [9.17, 15) is 9.90 Å². The molecule has 0 radical (unpaired) electrons. The monoisotopic (exact) mass is 404 g/mol. The van der Waals surface area contributed by atoms with E-state index in [1.54, 1.807) is 6.07 Å². The second-order valence-electron chi connectivity index (χ2n) is 9.66. The molecule has 29 heavy (non-hydrogen) atoms. The summed E-state index contributed by atoms with van der Waals surface area (Å²) in [7, 11) is 0. The lowest BCUT2D eigenvalue weighted by molar-refractivity contribution is 0.0696. The molecule has 0 atom stereocenters. The third-order valence-electron chi connectivity index (χ3n) is 6.80. The highest BCUT2D eigenvalue weighted by Crippen LogP contribution is 2.47. The second-order valence-corrected chi connectivity index (χ2v) is 10.1. The van der Waals surface area contributed by atoms with Crippen LogP contribution in [-0.4, -0.2) is 11.1 Å². The van der Waals surface area contributed by atoms with Crippen molar-refractivity contribution < 1.29 is 9.90 Å². The molecule has 1 N–H and O–H groups in total. The molecule has 0 saturated heterocycles. The molecule has 0 unspecified atom stereocenters. The molecule has 1 aliphatic carbocycles. The summed E-state index contributed by atoms with van der Waals surface area (Å²) in [6.07, 6.45) is 2.39. The first-order chi connectivity index (χ1) is 13.5. The molecule has 150 valence electrons. The van der Waals surface area contributed by atoms with Crippen molar-refractivity contribution in [2.24, 2.45) is 0 Å². The van der Waals surface area contributed by atoms with Gasteiger partial charge in [0.1, 0.15) is 0 Å². The van der Waals surface area contributed by atoms with Crippen molar-refractivity contribution in [1.82, 2.24) is 0 Å². The number of carboxylic acid groups (broad SMARTS) is 1. The maximum Gasteiger partial charge on any atom is 0.336 e. The minimum absolute atomic E-state index is 0.166. The Kier molecular flexibility index (Phi) is 4.58. The fraction of sp³-hybridized carbons (Fsp3) is 0.346. The fourth-order valence-electron chi connectivity index (χ4n) is 4.72. The molecule has 0 aromatic heterocycles. The van der Waals surface area contributed by atoms with Gasteiger partial charge in [-0.1, -0.05) is 58.0 Å². The van der Waals surface area contributed by atoms with Gasteiger partial charge >= 0.3 is 5.97 Å². The number of carboxylic acids is 1. The summed E-state index contributed by atoms with van der Waals surface area (Å²) in [5.74, 6) is -0.914. The van der Waals surface area contributed by atoms with E-state index < -0.39 is 5.97 Å². The highest BCUT2D eigenvalue weighted by Gasteiger charge is 2.36. The van der Waals surface area contributed by atoms with E-state index in [0.29, 0.717) is 10.5 Å². The summed E-state index contributed by atoms with van der Waals surface area (Å²) in [5.41, 5.74) is 6.69. The van der Waals surface area contributed by atoms with E-state index in [-0.39, 0.29) is 10.8 Å². The normalized spacial score (nSPS) is 17.2. The predicted octanol–water partition coefficient (Wildman–Crippen LogP) is 7.15. The Hall–Kier alpha value is -2.26. The summed E-state index contributed by atoms with van der Waals surface area (Å²) >= 11 is 4.59. The predicted molar refractivity (Wildman–Crippen MR) is 124 cm³/mol. The van der Waals surface area contributed by atoms with Crippen LogP contribution in [0.4, 0.5) is 0 Å². The lowest BCUT2D eigenvalue weighted by Gasteiger charge is -2.42. The number of rotatable bonds is 2. The van der Waals surface area contributed by atoms with Gasteiger partial charge in [-0.15, -0.1) is 12.6 Å². The summed E-state index contributed by atoms with van der Waals surface area (Å²) < 4.78 is 0. The largest absolute Gasteiger partial charge is 0.478 e. The van der Waals surface area contributed by atoms with Gasteiger partial charge in [-0.05, 0) is 81.3 Å². The Morgan fingerprint density at radius 3 is 2.10 bits per heavy atom. The van der Waals surface area contributed by atoms with Crippen molar-refractivity contribution >= 4 is 29.4 Å². The number of carbonyl (C=O) groups is 1. The van der Waals surface area contributed by atoms with Crippen molar-refractivity contribution in [3.8, 4) is 11.1 Å². The summed E-state index contributed by atoms with van der Waals surface area (Å²) in [6.45, 7) is 11.2. The van der Waals surface area contributed by atoms with Crippen molar-refractivity contribution in [2.45, 2.75) is 63.2 Å². The van der Waals surface area contributed by atoms with Gasteiger partial charge < -0.3 is 5.11 Å². The molecule has 2 nitrogen and oxygen atoms in total. The van der Waals surface area contributed by atoms with Crippen LogP contribution < -0.4 is 0 Å². The number of hydrogen-bond donors (Lipinski definition) is 2. The Balaban J connectivity index is 1.89. The van der Waals surface area contributed by atoms with Crippen molar-refractivity contribution in [1.29, 1.82) is 0 Å². The zero-order valence-corrected chi connectivity index (χ0v) is 18.7. The van der Waals surface area contributed by atoms with Gasteiger partial charge in [0, 0.05) is 4.90 Å². The van der Waals surface area contributed by atoms with Gasteiger partial charge in [-0.2, -0.15) is 0 Å². The zero-order valence-electron chi connectivity index (χ0n) is 17.8. The van der Waals surface area contributed by atoms with E-state index in [1.807, 2.05) is 13.0 Å². The maximum absolute atomic E-state index is 11.5. The Morgan fingerprint density at radius 1 is 0.862 bits per heavy atom. The number of aromatic carboxylic acids is 1. The first-order valence-electron chi connectivity index (χ1n) is 10.2. The van der Waals surface area contributed by atoms with Gasteiger partial charge in [0.15, 0.2) is 0 Å². The molecule has 0 amide bonds. The number of thiol groups is 1. The van der Waals surface area contributed by atoms with Gasteiger partial charge in [-0.3, -0.25) is 0 Å². The third kappa shape index (κ3) is 3.26. The van der Waals surface area contributed by atoms with Crippen LogP contribution in [0.5, 0.6) is 0 Å². The SMILES string of the molecule is Cc1c(C(=O)O)cc(S)c2cc(-c3ccc4c(c3)C(C)(C)CCC4(C)C)ccc12. The van der Waals surface area contributed by atoms with Crippen LogP contribution in [0.15, 0.2) is 47.4 Å².